The zero-order valence-electron chi connectivity index (χ0n) is 12.4. The van der Waals surface area contributed by atoms with Gasteiger partial charge >= 0.3 is 11.9 Å². The fourth-order valence-corrected chi connectivity index (χ4v) is 1.48. The number of esters is 1. The summed E-state index contributed by atoms with van der Waals surface area (Å²) in [5.41, 5.74) is 0. The van der Waals surface area contributed by atoms with Crippen LogP contribution in [-0.4, -0.2) is 43.7 Å². The maximum Gasteiger partial charge on any atom is 0.347 e. The molecule has 0 N–H and O–H groups in total. The molecule has 0 spiro atoms. The van der Waals surface area contributed by atoms with Crippen LogP contribution in [0.3, 0.4) is 0 Å². The van der Waals surface area contributed by atoms with E-state index in [9.17, 15) is 9.59 Å². The average molecular weight is 276 g/mol. The highest BCUT2D eigenvalue weighted by Gasteiger charge is 2.42. The summed E-state index contributed by atoms with van der Waals surface area (Å²) in [7, 11) is 0. The van der Waals surface area contributed by atoms with E-state index >= 15 is 0 Å². The Morgan fingerprint density at radius 3 is 1.68 bits per heavy atom. The van der Waals surface area contributed by atoms with Crippen molar-refractivity contribution >= 4 is 11.8 Å². The molecule has 0 rings (SSSR count). The van der Waals surface area contributed by atoms with Crippen molar-refractivity contribution in [3.05, 3.63) is 0 Å². The largest absolute Gasteiger partial charge is 0.463 e. The van der Waals surface area contributed by atoms with Crippen molar-refractivity contribution in [3.8, 4) is 0 Å². The first-order chi connectivity index (χ1) is 8.91. The Bertz CT molecular complexity index is 270. The van der Waals surface area contributed by atoms with Crippen molar-refractivity contribution < 1.29 is 28.5 Å². The Balaban J connectivity index is 4.82. The first-order valence-electron chi connectivity index (χ1n) is 6.56. The quantitative estimate of drug-likeness (QED) is 0.343. The van der Waals surface area contributed by atoms with E-state index in [2.05, 4.69) is 0 Å². The molecule has 6 nitrogen and oxygen atoms in total. The van der Waals surface area contributed by atoms with Crippen molar-refractivity contribution in [2.45, 2.75) is 53.1 Å². The van der Waals surface area contributed by atoms with Crippen molar-refractivity contribution in [3.63, 3.8) is 0 Å². The fourth-order valence-electron chi connectivity index (χ4n) is 1.48. The van der Waals surface area contributed by atoms with Gasteiger partial charge in [0.25, 0.3) is 0 Å². The van der Waals surface area contributed by atoms with Gasteiger partial charge in [0, 0.05) is 0 Å². The highest BCUT2D eigenvalue weighted by atomic mass is 16.9. The van der Waals surface area contributed by atoms with Crippen molar-refractivity contribution in [2.75, 3.05) is 19.8 Å². The lowest BCUT2D eigenvalue weighted by Crippen LogP contribution is -2.48. The van der Waals surface area contributed by atoms with Gasteiger partial charge < -0.3 is 18.9 Å². The number of ether oxygens (including phenoxy) is 4. The van der Waals surface area contributed by atoms with E-state index in [-0.39, 0.29) is 25.9 Å². The molecular weight excluding hydrogens is 252 g/mol. The lowest BCUT2D eigenvalue weighted by molar-refractivity contribution is -0.349. The molecule has 0 heterocycles. The molecule has 0 unspecified atom stereocenters. The summed E-state index contributed by atoms with van der Waals surface area (Å²) in [4.78, 5) is 23.7. The Hall–Kier alpha value is -0.980. The SMILES string of the molecule is CCOC(OCC)(OCC)C(=O)CC(=O)OC(C)C. The van der Waals surface area contributed by atoms with Gasteiger partial charge in [0.2, 0.25) is 5.78 Å². The molecule has 0 aromatic heterocycles. The molecule has 0 radical (unpaired) electrons. The number of ketones is 1. The maximum absolute atomic E-state index is 12.2. The van der Waals surface area contributed by atoms with Crippen LogP contribution in [0.5, 0.6) is 0 Å². The van der Waals surface area contributed by atoms with Crippen LogP contribution in [-0.2, 0) is 28.5 Å². The van der Waals surface area contributed by atoms with Gasteiger partial charge in [0.1, 0.15) is 6.42 Å². The summed E-state index contributed by atoms with van der Waals surface area (Å²) in [6, 6.07) is 0. The molecule has 0 fully saturated rings. The predicted molar refractivity (Wildman–Crippen MR) is 68.5 cm³/mol. The Morgan fingerprint density at radius 1 is 0.947 bits per heavy atom. The van der Waals surface area contributed by atoms with E-state index in [1.54, 1.807) is 34.6 Å². The second-order valence-electron chi connectivity index (χ2n) is 3.99. The molecule has 0 aliphatic carbocycles. The third kappa shape index (κ3) is 6.13. The van der Waals surface area contributed by atoms with Gasteiger partial charge in [0.05, 0.1) is 25.9 Å². The maximum atomic E-state index is 12.2. The van der Waals surface area contributed by atoms with Crippen LogP contribution in [0.1, 0.15) is 41.0 Å². The lowest BCUT2D eigenvalue weighted by Gasteiger charge is -2.30. The van der Waals surface area contributed by atoms with Crippen LogP contribution in [0.2, 0.25) is 0 Å². The molecule has 0 atom stereocenters. The Kier molecular flexibility index (Phi) is 8.54. The molecule has 0 aromatic rings. The summed E-state index contributed by atoms with van der Waals surface area (Å²) in [5.74, 6) is -3.03. The van der Waals surface area contributed by atoms with Gasteiger partial charge in [-0.25, -0.2) is 0 Å². The van der Waals surface area contributed by atoms with E-state index in [0.717, 1.165) is 0 Å². The van der Waals surface area contributed by atoms with Crippen molar-refractivity contribution in [1.29, 1.82) is 0 Å². The predicted octanol–water partition coefficient (Wildman–Crippen LogP) is 1.66. The van der Waals surface area contributed by atoms with Crippen LogP contribution >= 0.6 is 0 Å². The minimum Gasteiger partial charge on any atom is -0.463 e. The van der Waals surface area contributed by atoms with Gasteiger partial charge in [-0.2, -0.15) is 0 Å². The molecule has 0 aromatic carbocycles. The molecule has 0 aliphatic heterocycles. The summed E-state index contributed by atoms with van der Waals surface area (Å²) in [6.07, 6.45) is -0.723. The zero-order chi connectivity index (χ0) is 14.9. The van der Waals surface area contributed by atoms with E-state index in [0.29, 0.717) is 0 Å². The highest BCUT2D eigenvalue weighted by molar-refractivity contribution is 5.98. The molecule has 112 valence electrons. The topological polar surface area (TPSA) is 71.1 Å². The van der Waals surface area contributed by atoms with Gasteiger partial charge in [-0.15, -0.1) is 0 Å². The minimum atomic E-state index is -1.81. The minimum absolute atomic E-state index is 0.227. The van der Waals surface area contributed by atoms with Gasteiger partial charge in [-0.1, -0.05) is 0 Å². The van der Waals surface area contributed by atoms with E-state index in [1.165, 1.54) is 0 Å². The van der Waals surface area contributed by atoms with Crippen LogP contribution in [0.4, 0.5) is 0 Å². The standard InChI is InChI=1S/C13H24O6/c1-6-16-13(17-7-2,18-8-3)11(14)9-12(15)19-10(4)5/h10H,6-9H2,1-5H3. The van der Waals surface area contributed by atoms with E-state index in [1.807, 2.05) is 0 Å². The third-order valence-corrected chi connectivity index (χ3v) is 2.02. The van der Waals surface area contributed by atoms with Crippen LogP contribution in [0.15, 0.2) is 0 Å². The van der Waals surface area contributed by atoms with Gasteiger partial charge in [-0.05, 0) is 34.6 Å². The third-order valence-electron chi connectivity index (χ3n) is 2.02. The second kappa shape index (κ2) is 9.01. The molecule has 0 saturated carbocycles. The second-order valence-corrected chi connectivity index (χ2v) is 3.99. The fraction of sp³-hybridized carbons (Fsp3) is 0.846. The monoisotopic (exact) mass is 276 g/mol. The number of rotatable bonds is 10. The van der Waals surface area contributed by atoms with Crippen molar-refractivity contribution in [1.82, 2.24) is 0 Å². The summed E-state index contributed by atoms with van der Waals surface area (Å²) in [6.45, 7) is 9.25. The molecule has 0 amide bonds. The molecule has 6 heteroatoms. The number of Topliss-reactive ketones (excluding diaryl/α,β-unsaturated/α-hetero) is 1. The number of carbonyl (C=O) groups is 2. The normalized spacial score (nSPS) is 11.7. The zero-order valence-corrected chi connectivity index (χ0v) is 12.4. The molecule has 0 bridgehead atoms. The van der Waals surface area contributed by atoms with E-state index in [4.69, 9.17) is 18.9 Å². The van der Waals surface area contributed by atoms with Crippen LogP contribution < -0.4 is 0 Å². The number of hydrogen-bond donors (Lipinski definition) is 0. The van der Waals surface area contributed by atoms with Crippen LogP contribution in [0, 0.1) is 0 Å². The number of carbonyl (C=O) groups excluding carboxylic acids is 2. The summed E-state index contributed by atoms with van der Waals surface area (Å²) in [5, 5.41) is 0. The van der Waals surface area contributed by atoms with E-state index < -0.39 is 24.1 Å². The summed E-state index contributed by atoms with van der Waals surface area (Å²) < 4.78 is 20.8. The molecular formula is C13H24O6. The van der Waals surface area contributed by atoms with Crippen LogP contribution in [0.25, 0.3) is 0 Å². The van der Waals surface area contributed by atoms with Crippen molar-refractivity contribution in [2.24, 2.45) is 0 Å². The smallest absolute Gasteiger partial charge is 0.347 e. The molecule has 19 heavy (non-hydrogen) atoms. The van der Waals surface area contributed by atoms with Gasteiger partial charge in [-0.3, -0.25) is 9.59 Å². The average Bonchev–Trinajstić information content (AvgIpc) is 2.28. The molecule has 0 aliphatic rings. The lowest BCUT2D eigenvalue weighted by atomic mass is 10.2. The first kappa shape index (κ1) is 18.0. The Labute approximate surface area is 114 Å². The highest BCUT2D eigenvalue weighted by Crippen LogP contribution is 2.19. The molecule has 0 saturated heterocycles. The first-order valence-corrected chi connectivity index (χ1v) is 6.56. The summed E-state index contributed by atoms with van der Waals surface area (Å²) >= 11 is 0. The number of hydrogen-bond acceptors (Lipinski definition) is 6. The van der Waals surface area contributed by atoms with Gasteiger partial charge in [0.15, 0.2) is 0 Å². The Morgan fingerprint density at radius 2 is 1.37 bits per heavy atom.